The van der Waals surface area contributed by atoms with Crippen molar-refractivity contribution in [1.82, 2.24) is 4.98 Å². The molecule has 2 bridgehead atoms. The number of carbonyl (C=O) groups is 1. The number of aliphatic carboxylic acids is 1. The molecule has 1 aromatic rings. The Bertz CT molecular complexity index is 750. The van der Waals surface area contributed by atoms with Crippen LogP contribution in [0.5, 0.6) is 5.75 Å². The van der Waals surface area contributed by atoms with E-state index in [4.69, 9.17) is 10.5 Å². The van der Waals surface area contributed by atoms with Crippen molar-refractivity contribution in [2.75, 3.05) is 0 Å². The second-order valence-electron chi connectivity index (χ2n) is 10.2. The molecule has 4 N–H and O–H groups in total. The van der Waals surface area contributed by atoms with E-state index >= 15 is 0 Å². The van der Waals surface area contributed by atoms with Crippen LogP contribution in [0, 0.1) is 29.1 Å². The SMILES string of the molecule is CC(C)C[C@H](N)[C@](O)(Cc1cc(O[C@@H]2C[C@H]3C[C@@H]([C@@H]2C)C3(C)C)ccn1)C(=O)O. The van der Waals surface area contributed by atoms with E-state index in [0.29, 0.717) is 41.0 Å². The number of aromatic nitrogens is 1. The third-order valence-electron chi connectivity index (χ3n) is 7.52. The summed E-state index contributed by atoms with van der Waals surface area (Å²) >= 11 is 0. The van der Waals surface area contributed by atoms with Crippen molar-refractivity contribution in [3.05, 3.63) is 24.0 Å². The van der Waals surface area contributed by atoms with Crippen LogP contribution in [0.25, 0.3) is 0 Å². The Hall–Kier alpha value is -1.66. The van der Waals surface area contributed by atoms with Crippen LogP contribution in [0.2, 0.25) is 0 Å². The number of hydrogen-bond acceptors (Lipinski definition) is 5. The number of carboxylic acids is 1. The number of rotatable bonds is 8. The Labute approximate surface area is 173 Å². The molecule has 4 rings (SSSR count). The first-order chi connectivity index (χ1) is 13.4. The van der Waals surface area contributed by atoms with Gasteiger partial charge in [-0.2, -0.15) is 0 Å². The fourth-order valence-electron chi connectivity index (χ4n) is 5.40. The molecule has 162 valence electrons. The Morgan fingerprint density at radius 3 is 2.66 bits per heavy atom. The van der Waals surface area contributed by atoms with E-state index in [2.05, 4.69) is 25.8 Å². The van der Waals surface area contributed by atoms with Gasteiger partial charge in [-0.05, 0) is 54.4 Å². The number of fused-ring (bicyclic) bond motifs is 2. The minimum atomic E-state index is -2.06. The van der Waals surface area contributed by atoms with Gasteiger partial charge in [-0.25, -0.2) is 4.79 Å². The van der Waals surface area contributed by atoms with Gasteiger partial charge in [-0.1, -0.05) is 34.6 Å². The smallest absolute Gasteiger partial charge is 0.337 e. The molecule has 0 aromatic carbocycles. The lowest BCUT2D eigenvalue weighted by atomic mass is 9.45. The molecule has 3 aliphatic carbocycles. The first kappa shape index (κ1) is 22.0. The van der Waals surface area contributed by atoms with Crippen molar-refractivity contribution in [1.29, 1.82) is 0 Å². The summed E-state index contributed by atoms with van der Waals surface area (Å²) in [5.74, 6) is 1.39. The molecule has 0 amide bonds. The summed E-state index contributed by atoms with van der Waals surface area (Å²) in [7, 11) is 0. The number of ether oxygens (including phenoxy) is 1. The molecular formula is C23H36N2O4. The van der Waals surface area contributed by atoms with E-state index in [-0.39, 0.29) is 18.4 Å². The number of nitrogens with zero attached hydrogens (tertiary/aromatic N) is 1. The Morgan fingerprint density at radius 1 is 1.41 bits per heavy atom. The van der Waals surface area contributed by atoms with Gasteiger partial charge in [0.2, 0.25) is 0 Å². The van der Waals surface area contributed by atoms with Crippen molar-refractivity contribution in [2.45, 2.75) is 78.0 Å². The number of pyridine rings is 1. The molecule has 6 nitrogen and oxygen atoms in total. The number of aliphatic hydroxyl groups is 1. The number of nitrogens with two attached hydrogens (primary N) is 1. The van der Waals surface area contributed by atoms with Gasteiger partial charge in [0, 0.05) is 30.4 Å². The first-order valence-corrected chi connectivity index (χ1v) is 10.8. The van der Waals surface area contributed by atoms with Gasteiger partial charge in [-0.15, -0.1) is 0 Å². The molecule has 3 saturated carbocycles. The van der Waals surface area contributed by atoms with Gasteiger partial charge in [0.25, 0.3) is 0 Å². The van der Waals surface area contributed by atoms with Crippen molar-refractivity contribution in [3.8, 4) is 5.75 Å². The lowest BCUT2D eigenvalue weighted by Crippen LogP contribution is -2.58. The van der Waals surface area contributed by atoms with Gasteiger partial charge >= 0.3 is 5.97 Å². The molecule has 1 heterocycles. The third-order valence-corrected chi connectivity index (χ3v) is 7.52. The molecule has 0 spiro atoms. The van der Waals surface area contributed by atoms with E-state index in [9.17, 15) is 15.0 Å². The van der Waals surface area contributed by atoms with Crippen LogP contribution in [0.15, 0.2) is 18.3 Å². The lowest BCUT2D eigenvalue weighted by Gasteiger charge is -2.61. The summed E-state index contributed by atoms with van der Waals surface area (Å²) in [6.45, 7) is 10.9. The molecular weight excluding hydrogens is 368 g/mol. The second-order valence-corrected chi connectivity index (χ2v) is 10.2. The zero-order valence-electron chi connectivity index (χ0n) is 18.3. The van der Waals surface area contributed by atoms with Crippen LogP contribution in [-0.4, -0.2) is 38.9 Å². The highest BCUT2D eigenvalue weighted by atomic mass is 16.5. The van der Waals surface area contributed by atoms with E-state index in [1.54, 1.807) is 18.3 Å². The molecule has 3 fully saturated rings. The van der Waals surface area contributed by atoms with E-state index in [0.717, 1.165) is 6.42 Å². The highest BCUT2D eigenvalue weighted by molar-refractivity contribution is 5.78. The van der Waals surface area contributed by atoms with Crippen LogP contribution >= 0.6 is 0 Å². The lowest BCUT2D eigenvalue weighted by molar-refractivity contribution is -0.161. The molecule has 1 aromatic heterocycles. The topological polar surface area (TPSA) is 106 Å². The molecule has 3 aliphatic rings. The third kappa shape index (κ3) is 4.15. The van der Waals surface area contributed by atoms with Gasteiger partial charge < -0.3 is 20.7 Å². The van der Waals surface area contributed by atoms with E-state index in [1.807, 2.05) is 13.8 Å². The maximum absolute atomic E-state index is 11.8. The van der Waals surface area contributed by atoms with Crippen molar-refractivity contribution in [2.24, 2.45) is 34.8 Å². The predicted octanol–water partition coefficient (Wildman–Crippen LogP) is 3.26. The molecule has 29 heavy (non-hydrogen) atoms. The molecule has 0 radical (unpaired) electrons. The average molecular weight is 405 g/mol. The summed E-state index contributed by atoms with van der Waals surface area (Å²) in [4.78, 5) is 16.1. The van der Waals surface area contributed by atoms with Gasteiger partial charge in [0.05, 0.1) is 0 Å². The van der Waals surface area contributed by atoms with Gasteiger partial charge in [-0.3, -0.25) is 4.98 Å². The fourth-order valence-corrected chi connectivity index (χ4v) is 5.40. The molecule has 6 atom stereocenters. The van der Waals surface area contributed by atoms with Crippen LogP contribution in [-0.2, 0) is 11.2 Å². The summed E-state index contributed by atoms with van der Waals surface area (Å²) in [6, 6.07) is 2.67. The van der Waals surface area contributed by atoms with Crippen molar-refractivity contribution < 1.29 is 19.7 Å². The summed E-state index contributed by atoms with van der Waals surface area (Å²) in [5.41, 5.74) is 4.88. The van der Waals surface area contributed by atoms with Crippen LogP contribution in [0.1, 0.15) is 59.6 Å². The van der Waals surface area contributed by atoms with Gasteiger partial charge in [0.1, 0.15) is 11.9 Å². The van der Waals surface area contributed by atoms with Crippen LogP contribution in [0.4, 0.5) is 0 Å². The zero-order valence-corrected chi connectivity index (χ0v) is 18.3. The van der Waals surface area contributed by atoms with E-state index in [1.165, 1.54) is 6.42 Å². The number of hydrogen-bond donors (Lipinski definition) is 3. The highest BCUT2D eigenvalue weighted by Crippen LogP contribution is 2.61. The molecule has 0 unspecified atom stereocenters. The summed E-state index contributed by atoms with van der Waals surface area (Å²) in [6.07, 6.45) is 4.36. The highest BCUT2D eigenvalue weighted by Gasteiger charge is 2.57. The van der Waals surface area contributed by atoms with Crippen LogP contribution in [0.3, 0.4) is 0 Å². The summed E-state index contributed by atoms with van der Waals surface area (Å²) < 4.78 is 6.30. The Kier molecular flexibility index (Phi) is 5.98. The van der Waals surface area contributed by atoms with Crippen molar-refractivity contribution >= 4 is 5.97 Å². The minimum Gasteiger partial charge on any atom is -0.490 e. The maximum atomic E-state index is 11.8. The summed E-state index contributed by atoms with van der Waals surface area (Å²) in [5, 5.41) is 20.4. The van der Waals surface area contributed by atoms with Crippen molar-refractivity contribution in [3.63, 3.8) is 0 Å². The van der Waals surface area contributed by atoms with E-state index < -0.39 is 17.6 Å². The van der Waals surface area contributed by atoms with Crippen LogP contribution < -0.4 is 10.5 Å². The number of carboxylic acid groups (broad SMARTS) is 1. The molecule has 0 saturated heterocycles. The standard InChI is InChI=1S/C23H36N2O4/c1-13(2)8-20(24)23(28,21(26)27)12-16-11-17(6-7-25-16)29-19-10-15-9-18(14(19)3)22(15,4)5/h6-7,11,13-15,18-20,28H,8-10,12,24H2,1-5H3,(H,26,27)/t14-,15+,18-,19+,20-,23+/m0/s1. The second kappa shape index (κ2) is 7.88. The predicted molar refractivity (Wildman–Crippen MR) is 112 cm³/mol. The first-order valence-electron chi connectivity index (χ1n) is 10.8. The largest absolute Gasteiger partial charge is 0.490 e. The molecule has 6 heteroatoms. The fraction of sp³-hybridized carbons (Fsp3) is 0.739. The Morgan fingerprint density at radius 2 is 2.10 bits per heavy atom. The molecule has 0 aliphatic heterocycles. The zero-order chi connectivity index (χ0) is 21.6. The van der Waals surface area contributed by atoms with Gasteiger partial charge in [0.15, 0.2) is 5.60 Å². The Balaban J connectivity index is 1.72. The monoisotopic (exact) mass is 404 g/mol. The quantitative estimate of drug-likeness (QED) is 0.614. The average Bonchev–Trinajstić information content (AvgIpc) is 2.62. The normalized spacial score (nSPS) is 30.9. The minimum absolute atomic E-state index is 0.147. The maximum Gasteiger partial charge on any atom is 0.337 e.